The summed E-state index contributed by atoms with van der Waals surface area (Å²) in [6.45, 7) is 2.24. The topological polar surface area (TPSA) is 77.1 Å². The molecule has 0 amide bonds. The predicted octanol–water partition coefficient (Wildman–Crippen LogP) is 1.20. The molecule has 1 aliphatic heterocycles. The minimum Gasteiger partial charge on any atom is -0.454 e. The van der Waals surface area contributed by atoms with Crippen LogP contribution < -0.4 is 15.0 Å². The van der Waals surface area contributed by atoms with Crippen LogP contribution in [0, 0.1) is 18.3 Å². The summed E-state index contributed by atoms with van der Waals surface area (Å²) in [6, 6.07) is 8.73. The Morgan fingerprint density at radius 2 is 2.15 bits per heavy atom. The summed E-state index contributed by atoms with van der Waals surface area (Å²) in [4.78, 5) is 11.9. The molecular weight excluding hydrogens is 258 g/mol. The van der Waals surface area contributed by atoms with Gasteiger partial charge < -0.3 is 9.47 Å². The van der Waals surface area contributed by atoms with Crippen molar-refractivity contribution in [2.45, 2.75) is 13.5 Å². The second-order valence-electron chi connectivity index (χ2n) is 4.44. The molecule has 20 heavy (non-hydrogen) atoms. The molecule has 1 aromatic carbocycles. The zero-order valence-electron chi connectivity index (χ0n) is 10.8. The van der Waals surface area contributed by atoms with E-state index in [-0.39, 0.29) is 12.4 Å². The molecule has 1 aliphatic rings. The molecule has 1 aromatic heterocycles. The third kappa shape index (κ3) is 2.10. The molecule has 2 heterocycles. The summed E-state index contributed by atoms with van der Waals surface area (Å²) in [5.41, 5.74) is 1.42. The molecule has 2 aromatic rings. The molecule has 0 aliphatic carbocycles. The number of aromatic nitrogens is 2. The summed E-state index contributed by atoms with van der Waals surface area (Å²) in [7, 11) is 0. The van der Waals surface area contributed by atoms with Crippen molar-refractivity contribution in [2.75, 3.05) is 6.79 Å². The van der Waals surface area contributed by atoms with E-state index in [1.807, 2.05) is 18.2 Å². The maximum Gasteiger partial charge on any atom is 0.268 e. The maximum absolute atomic E-state index is 11.9. The van der Waals surface area contributed by atoms with Crippen LogP contribution in [0.25, 0.3) is 0 Å². The Labute approximate surface area is 114 Å². The molecule has 0 spiro atoms. The normalized spacial score (nSPS) is 12.2. The van der Waals surface area contributed by atoms with Crippen molar-refractivity contribution < 1.29 is 9.47 Å². The lowest BCUT2D eigenvalue weighted by atomic mass is 10.2. The third-order valence-electron chi connectivity index (χ3n) is 3.07. The van der Waals surface area contributed by atoms with E-state index in [4.69, 9.17) is 14.7 Å². The van der Waals surface area contributed by atoms with Crippen LogP contribution in [-0.2, 0) is 6.54 Å². The summed E-state index contributed by atoms with van der Waals surface area (Å²) in [5.74, 6) is 1.37. The van der Waals surface area contributed by atoms with Gasteiger partial charge in [-0.1, -0.05) is 6.07 Å². The third-order valence-corrected chi connectivity index (χ3v) is 3.07. The molecule has 6 heteroatoms. The van der Waals surface area contributed by atoms with E-state index in [0.29, 0.717) is 29.3 Å². The number of fused-ring (bicyclic) bond motifs is 1. The highest BCUT2D eigenvalue weighted by atomic mass is 16.7. The highest BCUT2D eigenvalue weighted by Gasteiger charge is 2.14. The van der Waals surface area contributed by atoms with Crippen LogP contribution >= 0.6 is 0 Å². The Balaban J connectivity index is 1.94. The van der Waals surface area contributed by atoms with Crippen molar-refractivity contribution in [1.82, 2.24) is 9.78 Å². The van der Waals surface area contributed by atoms with E-state index < -0.39 is 0 Å². The Morgan fingerprint density at radius 1 is 1.35 bits per heavy atom. The monoisotopic (exact) mass is 269 g/mol. The standard InChI is InChI=1S/C14H11N3O3/c1-9-11(6-15)5-14(18)17(16-9)7-10-2-3-12-13(4-10)20-8-19-12/h2-5H,7-8H2,1H3. The van der Waals surface area contributed by atoms with E-state index in [1.54, 1.807) is 13.0 Å². The van der Waals surface area contributed by atoms with Gasteiger partial charge in [-0.3, -0.25) is 4.79 Å². The number of aryl methyl sites for hydroxylation is 1. The molecule has 0 radical (unpaired) electrons. The van der Waals surface area contributed by atoms with Gasteiger partial charge in [-0.2, -0.15) is 10.4 Å². The molecular formula is C14H11N3O3. The lowest BCUT2D eigenvalue weighted by Gasteiger charge is -2.07. The van der Waals surface area contributed by atoms with Crippen molar-refractivity contribution in [3.05, 3.63) is 51.4 Å². The molecule has 0 atom stereocenters. The molecule has 0 bridgehead atoms. The summed E-state index contributed by atoms with van der Waals surface area (Å²) in [5, 5.41) is 13.0. The van der Waals surface area contributed by atoms with E-state index in [1.165, 1.54) is 10.7 Å². The van der Waals surface area contributed by atoms with Crippen molar-refractivity contribution in [3.63, 3.8) is 0 Å². The summed E-state index contributed by atoms with van der Waals surface area (Å²) < 4.78 is 11.9. The molecule has 3 rings (SSSR count). The average Bonchev–Trinajstić information content (AvgIpc) is 2.90. The van der Waals surface area contributed by atoms with Gasteiger partial charge in [-0.05, 0) is 24.6 Å². The molecule has 6 nitrogen and oxygen atoms in total. The largest absolute Gasteiger partial charge is 0.454 e. The first-order chi connectivity index (χ1) is 9.67. The zero-order valence-corrected chi connectivity index (χ0v) is 10.8. The molecule has 0 fully saturated rings. The summed E-state index contributed by atoms with van der Waals surface area (Å²) in [6.07, 6.45) is 0. The zero-order chi connectivity index (χ0) is 14.1. The number of nitriles is 1. The number of rotatable bonds is 2. The molecule has 0 unspecified atom stereocenters. The Hall–Kier alpha value is -2.81. The fraction of sp³-hybridized carbons (Fsp3) is 0.214. The maximum atomic E-state index is 11.9. The van der Waals surface area contributed by atoms with Crippen molar-refractivity contribution >= 4 is 0 Å². The quantitative estimate of drug-likeness (QED) is 0.818. The van der Waals surface area contributed by atoms with Crippen LogP contribution in [0.5, 0.6) is 11.5 Å². The lowest BCUT2D eigenvalue weighted by Crippen LogP contribution is -2.24. The van der Waals surface area contributed by atoms with Crippen LogP contribution in [0.3, 0.4) is 0 Å². The second-order valence-corrected chi connectivity index (χ2v) is 4.44. The SMILES string of the molecule is Cc1nn(Cc2ccc3c(c2)OCO3)c(=O)cc1C#N. The molecule has 0 saturated heterocycles. The van der Waals surface area contributed by atoms with Gasteiger partial charge >= 0.3 is 0 Å². The van der Waals surface area contributed by atoms with Crippen LogP contribution in [0.1, 0.15) is 16.8 Å². The first-order valence-electron chi connectivity index (χ1n) is 6.05. The number of benzene rings is 1. The second kappa shape index (κ2) is 4.70. The number of nitrogens with zero attached hydrogens (tertiary/aromatic N) is 3. The number of hydrogen-bond acceptors (Lipinski definition) is 5. The van der Waals surface area contributed by atoms with E-state index in [9.17, 15) is 4.79 Å². The smallest absolute Gasteiger partial charge is 0.268 e. The van der Waals surface area contributed by atoms with Gasteiger partial charge in [-0.25, -0.2) is 4.68 Å². The van der Waals surface area contributed by atoms with Gasteiger partial charge in [0.2, 0.25) is 6.79 Å². The fourth-order valence-electron chi connectivity index (χ4n) is 2.03. The first-order valence-corrected chi connectivity index (χ1v) is 6.05. The van der Waals surface area contributed by atoms with Crippen molar-refractivity contribution in [2.24, 2.45) is 0 Å². The van der Waals surface area contributed by atoms with Crippen LogP contribution in [0.4, 0.5) is 0 Å². The lowest BCUT2D eigenvalue weighted by molar-refractivity contribution is 0.174. The van der Waals surface area contributed by atoms with Gasteiger partial charge in [0.05, 0.1) is 17.8 Å². The van der Waals surface area contributed by atoms with Crippen LogP contribution in [0.15, 0.2) is 29.1 Å². The Kier molecular flexibility index (Phi) is 2.88. The number of ether oxygens (including phenoxy) is 2. The molecule has 0 saturated carbocycles. The van der Waals surface area contributed by atoms with Crippen molar-refractivity contribution in [1.29, 1.82) is 5.26 Å². The van der Waals surface area contributed by atoms with Crippen molar-refractivity contribution in [3.8, 4) is 17.6 Å². The van der Waals surface area contributed by atoms with Gasteiger partial charge in [0, 0.05) is 6.07 Å². The van der Waals surface area contributed by atoms with Gasteiger partial charge in [0.25, 0.3) is 5.56 Å². The Morgan fingerprint density at radius 3 is 2.95 bits per heavy atom. The van der Waals surface area contributed by atoms with E-state index in [2.05, 4.69) is 5.10 Å². The number of hydrogen-bond donors (Lipinski definition) is 0. The predicted molar refractivity (Wildman–Crippen MR) is 69.6 cm³/mol. The molecule has 100 valence electrons. The minimum absolute atomic E-state index is 0.215. The summed E-state index contributed by atoms with van der Waals surface area (Å²) >= 11 is 0. The Bertz CT molecular complexity index is 774. The average molecular weight is 269 g/mol. The molecule has 0 N–H and O–H groups in total. The van der Waals surface area contributed by atoms with Crippen LogP contribution in [0.2, 0.25) is 0 Å². The van der Waals surface area contributed by atoms with Gasteiger partial charge in [0.15, 0.2) is 11.5 Å². The van der Waals surface area contributed by atoms with E-state index >= 15 is 0 Å². The minimum atomic E-state index is -0.301. The fourth-order valence-corrected chi connectivity index (χ4v) is 2.03. The van der Waals surface area contributed by atoms with E-state index in [0.717, 1.165) is 5.56 Å². The van der Waals surface area contributed by atoms with Gasteiger partial charge in [-0.15, -0.1) is 0 Å². The highest BCUT2D eigenvalue weighted by molar-refractivity contribution is 5.44. The van der Waals surface area contributed by atoms with Gasteiger partial charge in [0.1, 0.15) is 6.07 Å². The van der Waals surface area contributed by atoms with Crippen LogP contribution in [-0.4, -0.2) is 16.6 Å². The highest BCUT2D eigenvalue weighted by Crippen LogP contribution is 2.32. The first kappa shape index (κ1) is 12.2.